The van der Waals surface area contributed by atoms with Gasteiger partial charge in [-0.15, -0.1) is 0 Å². The smallest absolute Gasteiger partial charge is 0.347 e. The molecule has 0 fully saturated rings. The molecule has 0 saturated heterocycles. The molecule has 2 aliphatic rings. The molecular weight excluding hydrogens is 370 g/mol. The van der Waals surface area contributed by atoms with Crippen LogP contribution in [0.4, 0.5) is 0 Å². The van der Waals surface area contributed by atoms with Gasteiger partial charge in [0.2, 0.25) is 12.0 Å². The highest BCUT2D eigenvalue weighted by atomic mass is 16.6. The highest BCUT2D eigenvalue weighted by Crippen LogP contribution is 2.52. The highest BCUT2D eigenvalue weighted by molar-refractivity contribution is 5.98. The van der Waals surface area contributed by atoms with Gasteiger partial charge in [0.05, 0.1) is 30.3 Å². The summed E-state index contributed by atoms with van der Waals surface area (Å²) in [6, 6.07) is 15.4. The van der Waals surface area contributed by atoms with Crippen molar-refractivity contribution >= 4 is 22.8 Å². The Balaban J connectivity index is 1.81. The maximum absolute atomic E-state index is 12.8. The van der Waals surface area contributed by atoms with Crippen molar-refractivity contribution in [3.05, 3.63) is 59.8 Å². The van der Waals surface area contributed by atoms with Gasteiger partial charge in [-0.2, -0.15) is 0 Å². The lowest BCUT2D eigenvalue weighted by atomic mass is 9.76. The summed E-state index contributed by atoms with van der Waals surface area (Å²) in [5.41, 5.74) is 2.50. The van der Waals surface area contributed by atoms with Gasteiger partial charge in [-0.1, -0.05) is 30.3 Å². The van der Waals surface area contributed by atoms with E-state index < -0.39 is 12.1 Å². The van der Waals surface area contributed by atoms with Crippen molar-refractivity contribution in [3.8, 4) is 11.5 Å². The number of carbonyl (C=O) groups is 2. The molecule has 6 nitrogen and oxygen atoms in total. The molecule has 3 atom stereocenters. The van der Waals surface area contributed by atoms with Crippen LogP contribution in [0.5, 0.6) is 11.5 Å². The monoisotopic (exact) mass is 391 g/mol. The van der Waals surface area contributed by atoms with Gasteiger partial charge >= 0.3 is 5.97 Å². The van der Waals surface area contributed by atoms with Crippen LogP contribution in [-0.4, -0.2) is 35.8 Å². The first kappa shape index (κ1) is 17.8. The topological polar surface area (TPSA) is 66.8 Å². The SMILES string of the molecule is CCOC(=O)[C@@H]1Oc2c(n(C(C)=O)c3ccccc23)[C@@H]2c3ccccc3OC[C@H]21. The lowest BCUT2D eigenvalue weighted by molar-refractivity contribution is -0.156. The third-order valence-electron chi connectivity index (χ3n) is 5.74. The van der Waals surface area contributed by atoms with Crippen LogP contribution < -0.4 is 9.47 Å². The van der Waals surface area contributed by atoms with E-state index in [9.17, 15) is 9.59 Å². The zero-order valence-corrected chi connectivity index (χ0v) is 16.3. The number of carbonyl (C=O) groups excluding carboxylic acids is 2. The first-order valence-corrected chi connectivity index (χ1v) is 9.81. The first-order chi connectivity index (χ1) is 14.1. The Kier molecular flexibility index (Phi) is 4.08. The van der Waals surface area contributed by atoms with Crippen LogP contribution in [0.1, 0.15) is 35.8 Å². The number of hydrogen-bond donors (Lipinski definition) is 0. The van der Waals surface area contributed by atoms with Crippen LogP contribution in [0.2, 0.25) is 0 Å². The molecule has 2 aliphatic heterocycles. The van der Waals surface area contributed by atoms with E-state index in [0.29, 0.717) is 12.4 Å². The predicted molar refractivity (Wildman–Crippen MR) is 107 cm³/mol. The van der Waals surface area contributed by atoms with Crippen molar-refractivity contribution in [1.29, 1.82) is 0 Å². The Bertz CT molecular complexity index is 1130. The summed E-state index contributed by atoms with van der Waals surface area (Å²) in [7, 11) is 0. The third kappa shape index (κ3) is 2.55. The number of ether oxygens (including phenoxy) is 3. The Morgan fingerprint density at radius 1 is 1.14 bits per heavy atom. The van der Waals surface area contributed by atoms with Gasteiger partial charge in [0.25, 0.3) is 0 Å². The molecule has 0 unspecified atom stereocenters. The van der Waals surface area contributed by atoms with E-state index in [1.807, 2.05) is 48.5 Å². The molecule has 0 bridgehead atoms. The molecule has 0 saturated carbocycles. The quantitative estimate of drug-likeness (QED) is 0.622. The average molecular weight is 391 g/mol. The summed E-state index contributed by atoms with van der Waals surface area (Å²) < 4.78 is 19.2. The van der Waals surface area contributed by atoms with E-state index in [2.05, 4.69) is 0 Å². The minimum atomic E-state index is -0.799. The average Bonchev–Trinajstić information content (AvgIpc) is 3.07. The zero-order chi connectivity index (χ0) is 20.1. The van der Waals surface area contributed by atoms with Crippen molar-refractivity contribution < 1.29 is 23.8 Å². The third-order valence-corrected chi connectivity index (χ3v) is 5.74. The molecule has 1 aromatic heterocycles. The standard InChI is InChI=1S/C23H21NO5/c1-3-27-23(26)22-16-12-28-18-11-7-5-9-15(18)19(16)20-21(29-22)14-8-4-6-10-17(14)24(20)13(2)25/h4-11,16,19,22H,3,12H2,1-2H3/t16-,19-,22-/m1/s1. The van der Waals surface area contributed by atoms with E-state index in [1.165, 1.54) is 0 Å². The van der Waals surface area contributed by atoms with Gasteiger partial charge in [-0.25, -0.2) is 4.79 Å². The molecule has 5 rings (SSSR count). The fraction of sp³-hybridized carbons (Fsp3) is 0.304. The van der Waals surface area contributed by atoms with Gasteiger partial charge in [0, 0.05) is 23.8 Å². The molecule has 0 amide bonds. The molecular formula is C23H21NO5. The van der Waals surface area contributed by atoms with Crippen LogP contribution in [0.15, 0.2) is 48.5 Å². The van der Waals surface area contributed by atoms with E-state index in [-0.39, 0.29) is 24.3 Å². The number of aromatic nitrogens is 1. The summed E-state index contributed by atoms with van der Waals surface area (Å²) in [4.78, 5) is 25.5. The Hall–Kier alpha value is -3.28. The van der Waals surface area contributed by atoms with Crippen molar-refractivity contribution in [2.45, 2.75) is 25.9 Å². The van der Waals surface area contributed by atoms with E-state index >= 15 is 0 Å². The molecule has 0 radical (unpaired) electrons. The van der Waals surface area contributed by atoms with Crippen LogP contribution in [-0.2, 0) is 9.53 Å². The van der Waals surface area contributed by atoms with Gasteiger partial charge in [-0.3, -0.25) is 9.36 Å². The fourth-order valence-corrected chi connectivity index (χ4v) is 4.63. The second-order valence-electron chi connectivity index (χ2n) is 7.37. The maximum atomic E-state index is 12.8. The van der Waals surface area contributed by atoms with Crippen LogP contribution in [0.3, 0.4) is 0 Å². The summed E-state index contributed by atoms with van der Waals surface area (Å²) in [6.07, 6.45) is -0.799. The second-order valence-corrected chi connectivity index (χ2v) is 7.37. The summed E-state index contributed by atoms with van der Waals surface area (Å²) in [5.74, 6) is 0.337. The Labute approximate surface area is 168 Å². The van der Waals surface area contributed by atoms with E-state index in [0.717, 1.165) is 27.9 Å². The van der Waals surface area contributed by atoms with Gasteiger partial charge in [-0.05, 0) is 25.1 Å². The second kappa shape index (κ2) is 6.65. The first-order valence-electron chi connectivity index (χ1n) is 9.81. The highest BCUT2D eigenvalue weighted by Gasteiger charge is 2.49. The van der Waals surface area contributed by atoms with Gasteiger partial charge in [0.15, 0.2) is 5.75 Å². The van der Waals surface area contributed by atoms with Crippen LogP contribution in [0, 0.1) is 5.92 Å². The van der Waals surface area contributed by atoms with E-state index in [4.69, 9.17) is 14.2 Å². The number of rotatable bonds is 2. The fourth-order valence-electron chi connectivity index (χ4n) is 4.63. The van der Waals surface area contributed by atoms with Gasteiger partial charge in [0.1, 0.15) is 5.75 Å². The normalized spacial score (nSPS) is 21.9. The summed E-state index contributed by atoms with van der Waals surface area (Å²) >= 11 is 0. The summed E-state index contributed by atoms with van der Waals surface area (Å²) in [6.45, 7) is 3.90. The molecule has 0 N–H and O–H groups in total. The zero-order valence-electron chi connectivity index (χ0n) is 16.3. The van der Waals surface area contributed by atoms with E-state index in [1.54, 1.807) is 18.4 Å². The van der Waals surface area contributed by atoms with Crippen molar-refractivity contribution in [2.75, 3.05) is 13.2 Å². The van der Waals surface area contributed by atoms with Crippen molar-refractivity contribution in [1.82, 2.24) is 4.57 Å². The maximum Gasteiger partial charge on any atom is 0.347 e. The molecule has 0 aliphatic carbocycles. The molecule has 148 valence electrons. The molecule has 2 aromatic carbocycles. The van der Waals surface area contributed by atoms with Crippen molar-refractivity contribution in [3.63, 3.8) is 0 Å². The van der Waals surface area contributed by atoms with Crippen LogP contribution in [0.25, 0.3) is 10.9 Å². The number of para-hydroxylation sites is 2. The number of hydrogen-bond acceptors (Lipinski definition) is 5. The Morgan fingerprint density at radius 2 is 1.90 bits per heavy atom. The minimum Gasteiger partial charge on any atom is -0.493 e. The largest absolute Gasteiger partial charge is 0.493 e. The molecule has 0 spiro atoms. The summed E-state index contributed by atoms with van der Waals surface area (Å²) in [5, 5.41) is 0.814. The molecule has 3 heterocycles. The number of benzene rings is 2. The lowest BCUT2D eigenvalue weighted by Crippen LogP contribution is -2.48. The molecule has 29 heavy (non-hydrogen) atoms. The van der Waals surface area contributed by atoms with Crippen LogP contribution >= 0.6 is 0 Å². The minimum absolute atomic E-state index is 0.0941. The lowest BCUT2D eigenvalue weighted by Gasteiger charge is -2.41. The molecule has 3 aromatic rings. The Morgan fingerprint density at radius 3 is 2.69 bits per heavy atom. The van der Waals surface area contributed by atoms with Crippen molar-refractivity contribution in [2.24, 2.45) is 5.92 Å². The molecule has 6 heteroatoms. The van der Waals surface area contributed by atoms with Gasteiger partial charge < -0.3 is 14.2 Å². The number of nitrogens with zero attached hydrogens (tertiary/aromatic N) is 1. The number of esters is 1. The predicted octanol–water partition coefficient (Wildman–Crippen LogP) is 3.77. The number of fused-ring (bicyclic) bond motifs is 7.